The predicted molar refractivity (Wildman–Crippen MR) is 111 cm³/mol. The van der Waals surface area contributed by atoms with Gasteiger partial charge in [0.05, 0.1) is 6.54 Å². The van der Waals surface area contributed by atoms with Gasteiger partial charge in [-0.25, -0.2) is 0 Å². The molecule has 1 atom stereocenters. The van der Waals surface area contributed by atoms with E-state index >= 15 is 0 Å². The molecule has 2 aromatic carbocycles. The van der Waals surface area contributed by atoms with Crippen LogP contribution < -0.4 is 9.47 Å². The Balaban J connectivity index is 1.28. The number of aromatic nitrogens is 2. The van der Waals surface area contributed by atoms with Crippen LogP contribution in [0, 0.1) is 0 Å². The van der Waals surface area contributed by atoms with E-state index in [1.54, 1.807) is 4.90 Å². The zero-order chi connectivity index (χ0) is 20.9. The summed E-state index contributed by atoms with van der Waals surface area (Å²) in [5, 5.41) is 4.03. The van der Waals surface area contributed by atoms with Gasteiger partial charge in [-0.05, 0) is 36.4 Å². The lowest BCUT2D eigenvalue weighted by molar-refractivity contribution is -0.132. The van der Waals surface area contributed by atoms with Gasteiger partial charge in [-0.2, -0.15) is 4.98 Å². The molecule has 0 aliphatic carbocycles. The van der Waals surface area contributed by atoms with Crippen molar-refractivity contribution < 1.29 is 18.8 Å². The van der Waals surface area contributed by atoms with Gasteiger partial charge in [0, 0.05) is 24.4 Å². The molecule has 0 N–H and O–H groups in total. The third kappa shape index (κ3) is 4.79. The lowest BCUT2D eigenvalue weighted by atomic mass is 10.2. The van der Waals surface area contributed by atoms with Gasteiger partial charge in [-0.1, -0.05) is 37.2 Å². The van der Waals surface area contributed by atoms with E-state index in [4.69, 9.17) is 14.0 Å². The summed E-state index contributed by atoms with van der Waals surface area (Å²) in [6.45, 7) is 5.28. The lowest BCUT2D eigenvalue weighted by Gasteiger charge is -2.17. The molecular weight excluding hydrogens is 382 g/mol. The maximum Gasteiger partial charge on any atom is 0.260 e. The van der Waals surface area contributed by atoms with E-state index < -0.39 is 0 Å². The second-order valence-corrected chi connectivity index (χ2v) is 7.61. The van der Waals surface area contributed by atoms with Crippen LogP contribution in [0.5, 0.6) is 11.5 Å². The first-order valence-electron chi connectivity index (χ1n) is 10.1. The molecule has 1 aliphatic rings. The summed E-state index contributed by atoms with van der Waals surface area (Å²) in [7, 11) is 0. The van der Waals surface area contributed by atoms with Crippen molar-refractivity contribution >= 4 is 5.91 Å². The standard InChI is InChI=1S/C23H25N3O4/c1-16(2)23-24-22(25-30-23)17-8-10-19(11-9-17)29-20-12-13-26(14-20)21(27)15-28-18-6-4-3-5-7-18/h3-11,16,20H,12-15H2,1-2H3. The third-order valence-corrected chi connectivity index (χ3v) is 4.95. The van der Waals surface area contributed by atoms with Gasteiger partial charge in [0.2, 0.25) is 11.7 Å². The highest BCUT2D eigenvalue weighted by atomic mass is 16.5. The molecule has 7 nitrogen and oxygen atoms in total. The number of nitrogens with zero attached hydrogens (tertiary/aromatic N) is 3. The smallest absolute Gasteiger partial charge is 0.260 e. The van der Waals surface area contributed by atoms with Crippen LogP contribution in [0.4, 0.5) is 0 Å². The summed E-state index contributed by atoms with van der Waals surface area (Å²) in [5.41, 5.74) is 0.874. The van der Waals surface area contributed by atoms with Gasteiger partial charge in [0.15, 0.2) is 6.61 Å². The van der Waals surface area contributed by atoms with E-state index in [0.717, 1.165) is 17.7 Å². The average Bonchev–Trinajstić information content (AvgIpc) is 3.44. The molecule has 4 rings (SSSR count). The van der Waals surface area contributed by atoms with Crippen molar-refractivity contribution in [3.8, 4) is 22.9 Å². The van der Waals surface area contributed by atoms with Crippen molar-refractivity contribution in [2.75, 3.05) is 19.7 Å². The van der Waals surface area contributed by atoms with E-state index in [1.165, 1.54) is 0 Å². The molecule has 1 fully saturated rings. The number of rotatable bonds is 7. The molecule has 1 aliphatic heterocycles. The van der Waals surface area contributed by atoms with Gasteiger partial charge in [0.25, 0.3) is 5.91 Å². The van der Waals surface area contributed by atoms with Crippen LogP contribution in [0.3, 0.4) is 0 Å². The second-order valence-electron chi connectivity index (χ2n) is 7.61. The summed E-state index contributed by atoms with van der Waals surface area (Å²) in [6, 6.07) is 17.0. The van der Waals surface area contributed by atoms with Crippen LogP contribution in [0.1, 0.15) is 32.1 Å². The SMILES string of the molecule is CC(C)c1nc(-c2ccc(OC3CCN(C(=O)COc4ccccc4)C3)cc2)no1. The third-order valence-electron chi connectivity index (χ3n) is 4.95. The number of benzene rings is 2. The fraction of sp³-hybridized carbons (Fsp3) is 0.348. The first-order chi connectivity index (χ1) is 14.6. The van der Waals surface area contributed by atoms with Crippen LogP contribution in [0.2, 0.25) is 0 Å². The van der Waals surface area contributed by atoms with Crippen LogP contribution in [-0.2, 0) is 4.79 Å². The summed E-state index contributed by atoms with van der Waals surface area (Å²) < 4.78 is 16.9. The molecule has 1 unspecified atom stereocenters. The molecule has 1 amide bonds. The summed E-state index contributed by atoms with van der Waals surface area (Å²) in [5.74, 6) is 2.81. The number of likely N-dealkylation sites (tertiary alicyclic amines) is 1. The summed E-state index contributed by atoms with van der Waals surface area (Å²) in [4.78, 5) is 18.6. The van der Waals surface area contributed by atoms with Crippen LogP contribution in [0.25, 0.3) is 11.4 Å². The number of para-hydroxylation sites is 1. The van der Waals surface area contributed by atoms with Crippen molar-refractivity contribution in [2.45, 2.75) is 32.3 Å². The van der Waals surface area contributed by atoms with Crippen molar-refractivity contribution in [1.82, 2.24) is 15.0 Å². The van der Waals surface area contributed by atoms with Crippen molar-refractivity contribution in [2.24, 2.45) is 0 Å². The van der Waals surface area contributed by atoms with Gasteiger partial charge in [-0.3, -0.25) is 4.79 Å². The largest absolute Gasteiger partial charge is 0.489 e. The second kappa shape index (κ2) is 8.98. The summed E-state index contributed by atoms with van der Waals surface area (Å²) >= 11 is 0. The number of hydrogen-bond donors (Lipinski definition) is 0. The fourth-order valence-electron chi connectivity index (χ4n) is 3.27. The van der Waals surface area contributed by atoms with Crippen LogP contribution in [-0.4, -0.2) is 46.7 Å². The number of amides is 1. The molecule has 30 heavy (non-hydrogen) atoms. The van der Waals surface area contributed by atoms with E-state index in [9.17, 15) is 4.79 Å². The topological polar surface area (TPSA) is 77.7 Å². The molecule has 156 valence electrons. The maximum absolute atomic E-state index is 12.4. The molecule has 0 radical (unpaired) electrons. The fourth-order valence-corrected chi connectivity index (χ4v) is 3.27. The molecular formula is C23H25N3O4. The van der Waals surface area contributed by atoms with Crippen molar-refractivity contribution in [1.29, 1.82) is 0 Å². The maximum atomic E-state index is 12.4. The number of carbonyl (C=O) groups excluding carboxylic acids is 1. The van der Waals surface area contributed by atoms with Crippen LogP contribution >= 0.6 is 0 Å². The predicted octanol–water partition coefficient (Wildman–Crippen LogP) is 3.92. The molecule has 1 saturated heterocycles. The number of hydrogen-bond acceptors (Lipinski definition) is 6. The normalized spacial score (nSPS) is 16.1. The zero-order valence-corrected chi connectivity index (χ0v) is 17.2. The highest BCUT2D eigenvalue weighted by molar-refractivity contribution is 5.78. The van der Waals surface area contributed by atoms with E-state index in [1.807, 2.05) is 68.4 Å². The molecule has 1 aromatic heterocycles. The quantitative estimate of drug-likeness (QED) is 0.591. The molecule has 7 heteroatoms. The van der Waals surface area contributed by atoms with Crippen molar-refractivity contribution in [3.05, 3.63) is 60.5 Å². The Kier molecular flexibility index (Phi) is 5.97. The van der Waals surface area contributed by atoms with Gasteiger partial charge in [0.1, 0.15) is 17.6 Å². The minimum Gasteiger partial charge on any atom is -0.489 e. The van der Waals surface area contributed by atoms with E-state index in [-0.39, 0.29) is 24.5 Å². The lowest BCUT2D eigenvalue weighted by Crippen LogP contribution is -2.34. The van der Waals surface area contributed by atoms with Gasteiger partial charge >= 0.3 is 0 Å². The molecule has 0 saturated carbocycles. The number of carbonyl (C=O) groups is 1. The Morgan fingerprint density at radius 3 is 2.60 bits per heavy atom. The van der Waals surface area contributed by atoms with Gasteiger partial charge in [-0.15, -0.1) is 0 Å². The molecule has 0 spiro atoms. The Hall–Kier alpha value is -3.35. The first kappa shape index (κ1) is 19.9. The highest BCUT2D eigenvalue weighted by Gasteiger charge is 2.27. The first-order valence-corrected chi connectivity index (χ1v) is 10.1. The number of ether oxygens (including phenoxy) is 2. The molecule has 3 aromatic rings. The highest BCUT2D eigenvalue weighted by Crippen LogP contribution is 2.24. The molecule has 0 bridgehead atoms. The van der Waals surface area contributed by atoms with E-state index in [0.29, 0.717) is 30.6 Å². The summed E-state index contributed by atoms with van der Waals surface area (Å²) in [6.07, 6.45) is 0.760. The Morgan fingerprint density at radius 2 is 1.90 bits per heavy atom. The minimum atomic E-state index is -0.0331. The van der Waals surface area contributed by atoms with Gasteiger partial charge < -0.3 is 18.9 Å². The van der Waals surface area contributed by atoms with E-state index in [2.05, 4.69) is 10.1 Å². The zero-order valence-electron chi connectivity index (χ0n) is 17.2. The Labute approximate surface area is 175 Å². The minimum absolute atomic E-state index is 0.0293. The Morgan fingerprint density at radius 1 is 1.13 bits per heavy atom. The average molecular weight is 407 g/mol. The van der Waals surface area contributed by atoms with Crippen LogP contribution in [0.15, 0.2) is 59.1 Å². The monoisotopic (exact) mass is 407 g/mol. The van der Waals surface area contributed by atoms with Crippen molar-refractivity contribution in [3.63, 3.8) is 0 Å². The molecule has 2 heterocycles. The Bertz CT molecular complexity index is 970.